The highest BCUT2D eigenvalue weighted by molar-refractivity contribution is 5.90. The van der Waals surface area contributed by atoms with Gasteiger partial charge in [0.2, 0.25) is 0 Å². The monoisotopic (exact) mass is 240 g/mol. The van der Waals surface area contributed by atoms with E-state index in [9.17, 15) is 9.18 Å². The van der Waals surface area contributed by atoms with Crippen LogP contribution in [0.15, 0.2) is 24.3 Å². The van der Waals surface area contributed by atoms with Crippen molar-refractivity contribution in [2.45, 2.75) is 6.92 Å². The predicted molar refractivity (Wildman–Crippen MR) is 60.3 cm³/mol. The molecule has 0 unspecified atom stereocenters. The first-order valence-electron chi connectivity index (χ1n) is 5.05. The molecular weight excluding hydrogens is 227 g/mol. The summed E-state index contributed by atoms with van der Waals surface area (Å²) in [5.74, 6) is -1.68. The van der Waals surface area contributed by atoms with Crippen molar-refractivity contribution in [3.63, 3.8) is 0 Å². The lowest BCUT2D eigenvalue weighted by Gasteiger charge is -2.08. The van der Waals surface area contributed by atoms with E-state index in [1.54, 1.807) is 6.92 Å². The first-order chi connectivity index (χ1) is 8.08. The molecule has 92 valence electrons. The average Bonchev–Trinajstić information content (AvgIpc) is 2.28. The smallest absolute Gasteiger partial charge is 0.328 e. The minimum Gasteiger partial charge on any atom is -0.491 e. The number of carbonyl (C=O) groups is 1. The van der Waals surface area contributed by atoms with E-state index in [0.29, 0.717) is 12.2 Å². The standard InChI is InChI=1S/C12H13FO4/c1-2-17-11-4-3-8(5-10(11)13)9(7-14)6-12(15)16/h3-6,14H,2,7H2,1H3,(H,15,16)/b9-6+. The van der Waals surface area contributed by atoms with Crippen LogP contribution in [0.25, 0.3) is 5.57 Å². The minimum atomic E-state index is -1.19. The summed E-state index contributed by atoms with van der Waals surface area (Å²) in [5, 5.41) is 17.6. The van der Waals surface area contributed by atoms with Gasteiger partial charge in [-0.25, -0.2) is 9.18 Å². The predicted octanol–water partition coefficient (Wildman–Crippen LogP) is 1.68. The van der Waals surface area contributed by atoms with Gasteiger partial charge in [-0.1, -0.05) is 6.07 Å². The number of rotatable bonds is 5. The fourth-order valence-electron chi connectivity index (χ4n) is 1.34. The number of benzene rings is 1. The van der Waals surface area contributed by atoms with Crippen molar-refractivity contribution in [2.24, 2.45) is 0 Å². The maximum atomic E-state index is 13.5. The van der Waals surface area contributed by atoms with Crippen LogP contribution in [0.5, 0.6) is 5.75 Å². The van der Waals surface area contributed by atoms with Crippen molar-refractivity contribution >= 4 is 11.5 Å². The second kappa shape index (κ2) is 6.00. The molecule has 1 rings (SSSR count). The van der Waals surface area contributed by atoms with E-state index in [2.05, 4.69) is 0 Å². The summed E-state index contributed by atoms with van der Waals surface area (Å²) in [6.07, 6.45) is 0.842. The Labute approximate surface area is 98.0 Å². The molecule has 17 heavy (non-hydrogen) atoms. The SMILES string of the molecule is CCOc1ccc(/C(=C/C(=O)O)CO)cc1F. The molecule has 2 N–H and O–H groups in total. The molecule has 0 aromatic heterocycles. The van der Waals surface area contributed by atoms with Crippen LogP contribution in [0.3, 0.4) is 0 Å². The minimum absolute atomic E-state index is 0.101. The second-order valence-electron chi connectivity index (χ2n) is 3.24. The van der Waals surface area contributed by atoms with Crippen LogP contribution < -0.4 is 4.74 Å². The van der Waals surface area contributed by atoms with Gasteiger partial charge in [0, 0.05) is 6.08 Å². The Morgan fingerprint density at radius 3 is 2.71 bits per heavy atom. The molecule has 0 bridgehead atoms. The van der Waals surface area contributed by atoms with Crippen LogP contribution in [0.1, 0.15) is 12.5 Å². The Bertz CT molecular complexity index is 440. The van der Waals surface area contributed by atoms with Crippen molar-refractivity contribution in [1.82, 2.24) is 0 Å². The van der Waals surface area contributed by atoms with Gasteiger partial charge in [-0.3, -0.25) is 0 Å². The highest BCUT2D eigenvalue weighted by Gasteiger charge is 2.08. The van der Waals surface area contributed by atoms with Crippen LogP contribution in [0.2, 0.25) is 0 Å². The largest absolute Gasteiger partial charge is 0.491 e. The van der Waals surface area contributed by atoms with E-state index in [0.717, 1.165) is 12.1 Å². The van der Waals surface area contributed by atoms with Crippen molar-refractivity contribution in [3.8, 4) is 5.75 Å². The summed E-state index contributed by atoms with van der Waals surface area (Å²) in [6.45, 7) is 1.60. The van der Waals surface area contributed by atoms with Crippen molar-refractivity contribution in [1.29, 1.82) is 0 Å². The van der Waals surface area contributed by atoms with E-state index in [1.165, 1.54) is 12.1 Å². The number of carboxylic acids is 1. The Hall–Kier alpha value is -1.88. The van der Waals surface area contributed by atoms with Gasteiger partial charge in [0.25, 0.3) is 0 Å². The lowest BCUT2D eigenvalue weighted by atomic mass is 10.1. The van der Waals surface area contributed by atoms with E-state index in [1.807, 2.05) is 0 Å². The third-order valence-corrected chi connectivity index (χ3v) is 2.07. The van der Waals surface area contributed by atoms with Gasteiger partial charge in [0.15, 0.2) is 11.6 Å². The van der Waals surface area contributed by atoms with Crippen molar-refractivity contribution < 1.29 is 24.1 Å². The maximum Gasteiger partial charge on any atom is 0.328 e. The van der Waals surface area contributed by atoms with Gasteiger partial charge in [0.1, 0.15) is 0 Å². The number of carboxylic acid groups (broad SMARTS) is 1. The number of aliphatic carboxylic acids is 1. The number of hydrogen-bond acceptors (Lipinski definition) is 3. The lowest BCUT2D eigenvalue weighted by Crippen LogP contribution is -1.99. The number of ether oxygens (including phenoxy) is 1. The van der Waals surface area contributed by atoms with Crippen LogP contribution in [-0.4, -0.2) is 29.4 Å². The quantitative estimate of drug-likeness (QED) is 0.768. The maximum absolute atomic E-state index is 13.5. The molecule has 0 saturated heterocycles. The van der Waals surface area contributed by atoms with Crippen LogP contribution >= 0.6 is 0 Å². The molecular formula is C12H13FO4. The fourth-order valence-corrected chi connectivity index (χ4v) is 1.34. The van der Waals surface area contributed by atoms with Gasteiger partial charge in [-0.2, -0.15) is 0 Å². The molecule has 4 nitrogen and oxygen atoms in total. The Morgan fingerprint density at radius 2 is 2.24 bits per heavy atom. The topological polar surface area (TPSA) is 66.8 Å². The molecule has 1 aromatic carbocycles. The summed E-state index contributed by atoms with van der Waals surface area (Å²) in [5.41, 5.74) is 0.454. The summed E-state index contributed by atoms with van der Waals surface area (Å²) >= 11 is 0. The first-order valence-corrected chi connectivity index (χ1v) is 5.05. The Kier molecular flexibility index (Phi) is 4.66. The molecule has 0 heterocycles. The third-order valence-electron chi connectivity index (χ3n) is 2.07. The van der Waals surface area contributed by atoms with Crippen LogP contribution in [0.4, 0.5) is 4.39 Å². The normalized spacial score (nSPS) is 11.4. The number of aliphatic hydroxyl groups excluding tert-OH is 1. The van der Waals surface area contributed by atoms with E-state index < -0.39 is 18.4 Å². The molecule has 0 amide bonds. The van der Waals surface area contributed by atoms with Gasteiger partial charge < -0.3 is 14.9 Å². The Balaban J connectivity index is 3.07. The molecule has 1 aromatic rings. The van der Waals surface area contributed by atoms with E-state index >= 15 is 0 Å². The highest BCUT2D eigenvalue weighted by atomic mass is 19.1. The third kappa shape index (κ3) is 3.57. The van der Waals surface area contributed by atoms with Gasteiger partial charge in [0.05, 0.1) is 13.2 Å². The molecule has 0 atom stereocenters. The molecule has 0 aliphatic carbocycles. The molecule has 0 spiro atoms. The Morgan fingerprint density at radius 1 is 1.53 bits per heavy atom. The van der Waals surface area contributed by atoms with Crippen molar-refractivity contribution in [3.05, 3.63) is 35.7 Å². The fraction of sp³-hybridized carbons (Fsp3) is 0.250. The van der Waals surface area contributed by atoms with Crippen molar-refractivity contribution in [2.75, 3.05) is 13.2 Å². The highest BCUT2D eigenvalue weighted by Crippen LogP contribution is 2.22. The molecule has 0 aliphatic heterocycles. The van der Waals surface area contributed by atoms with Gasteiger partial charge in [-0.05, 0) is 30.2 Å². The number of hydrogen-bond donors (Lipinski definition) is 2. The molecule has 0 aliphatic rings. The van der Waals surface area contributed by atoms with Crippen LogP contribution in [-0.2, 0) is 4.79 Å². The lowest BCUT2D eigenvalue weighted by molar-refractivity contribution is -0.131. The van der Waals surface area contributed by atoms with Gasteiger partial charge in [-0.15, -0.1) is 0 Å². The second-order valence-corrected chi connectivity index (χ2v) is 3.24. The zero-order valence-electron chi connectivity index (χ0n) is 9.31. The zero-order valence-corrected chi connectivity index (χ0v) is 9.31. The number of aliphatic hydroxyl groups is 1. The molecule has 0 saturated carbocycles. The van der Waals surface area contributed by atoms with Gasteiger partial charge >= 0.3 is 5.97 Å². The zero-order chi connectivity index (χ0) is 12.8. The number of halogens is 1. The van der Waals surface area contributed by atoms with E-state index in [4.69, 9.17) is 14.9 Å². The van der Waals surface area contributed by atoms with E-state index in [-0.39, 0.29) is 11.3 Å². The summed E-state index contributed by atoms with van der Waals surface area (Å²) in [4.78, 5) is 10.5. The average molecular weight is 240 g/mol. The molecule has 0 radical (unpaired) electrons. The summed E-state index contributed by atoms with van der Waals surface area (Å²) in [7, 11) is 0. The first kappa shape index (κ1) is 13.2. The van der Waals surface area contributed by atoms with Crippen LogP contribution in [0, 0.1) is 5.82 Å². The molecule has 5 heteroatoms. The summed E-state index contributed by atoms with van der Waals surface area (Å²) in [6, 6.07) is 4.04. The summed E-state index contributed by atoms with van der Waals surface area (Å²) < 4.78 is 18.5. The molecule has 0 fully saturated rings.